The van der Waals surface area contributed by atoms with Crippen LogP contribution in [0.1, 0.15) is 34.3 Å². The quantitative estimate of drug-likeness (QED) is 0.643. The number of hydrogen-bond acceptors (Lipinski definition) is 4. The fourth-order valence-electron chi connectivity index (χ4n) is 2.27. The topological polar surface area (TPSA) is 55.9 Å². The summed E-state index contributed by atoms with van der Waals surface area (Å²) in [6.07, 6.45) is 1.99. The van der Waals surface area contributed by atoms with Crippen LogP contribution in [0.5, 0.6) is 0 Å². The van der Waals surface area contributed by atoms with Crippen molar-refractivity contribution in [2.75, 3.05) is 0 Å². The summed E-state index contributed by atoms with van der Waals surface area (Å²) in [5.74, 6) is 5.65. The number of rotatable bonds is 5. The first-order valence-corrected chi connectivity index (χ1v) is 7.00. The lowest BCUT2D eigenvalue weighted by Gasteiger charge is -2.14. The van der Waals surface area contributed by atoms with Crippen LogP contribution in [0, 0.1) is 13.8 Å². The first-order valence-electron chi connectivity index (χ1n) is 6.12. The second-order valence-electron chi connectivity index (χ2n) is 4.55. The van der Waals surface area contributed by atoms with E-state index >= 15 is 0 Å². The fraction of sp³-hybridized carbons (Fsp3) is 0.462. The van der Waals surface area contributed by atoms with Gasteiger partial charge in [0.1, 0.15) is 0 Å². The molecule has 2 heterocycles. The molecule has 2 rings (SSSR count). The van der Waals surface area contributed by atoms with Gasteiger partial charge in [0.2, 0.25) is 0 Å². The van der Waals surface area contributed by atoms with Crippen LogP contribution in [-0.4, -0.2) is 9.78 Å². The molecule has 0 spiro atoms. The van der Waals surface area contributed by atoms with Crippen LogP contribution in [-0.2, 0) is 13.5 Å². The predicted molar refractivity (Wildman–Crippen MR) is 75.4 cm³/mol. The van der Waals surface area contributed by atoms with Crippen LogP contribution in [0.15, 0.2) is 17.5 Å². The van der Waals surface area contributed by atoms with Gasteiger partial charge in [0.25, 0.3) is 0 Å². The van der Waals surface area contributed by atoms with Gasteiger partial charge in [-0.1, -0.05) is 6.07 Å². The predicted octanol–water partition coefficient (Wildman–Crippen LogP) is 2.24. The zero-order valence-corrected chi connectivity index (χ0v) is 11.9. The van der Waals surface area contributed by atoms with Crippen molar-refractivity contribution in [3.8, 4) is 0 Å². The first-order chi connectivity index (χ1) is 8.63. The van der Waals surface area contributed by atoms with Gasteiger partial charge in [0.05, 0.1) is 11.7 Å². The zero-order valence-electron chi connectivity index (χ0n) is 11.1. The number of nitrogens with one attached hydrogen (secondary N) is 1. The van der Waals surface area contributed by atoms with E-state index in [0.29, 0.717) is 0 Å². The lowest BCUT2D eigenvalue weighted by molar-refractivity contribution is 0.523. The molecule has 0 fully saturated rings. The summed E-state index contributed by atoms with van der Waals surface area (Å²) in [4.78, 5) is 1.29. The number of aryl methyl sites for hydroxylation is 2. The van der Waals surface area contributed by atoms with Crippen molar-refractivity contribution in [1.82, 2.24) is 15.2 Å². The van der Waals surface area contributed by atoms with E-state index in [1.807, 2.05) is 11.7 Å². The molecule has 0 aliphatic heterocycles. The van der Waals surface area contributed by atoms with Crippen molar-refractivity contribution >= 4 is 11.3 Å². The summed E-state index contributed by atoms with van der Waals surface area (Å²) in [7, 11) is 1.99. The average molecular weight is 264 g/mol. The Labute approximate surface area is 112 Å². The molecule has 18 heavy (non-hydrogen) atoms. The van der Waals surface area contributed by atoms with Gasteiger partial charge in [-0.15, -0.1) is 11.3 Å². The summed E-state index contributed by atoms with van der Waals surface area (Å²) in [6.45, 7) is 4.18. The van der Waals surface area contributed by atoms with E-state index in [-0.39, 0.29) is 6.04 Å². The Balaban J connectivity index is 2.06. The van der Waals surface area contributed by atoms with Gasteiger partial charge in [-0.25, -0.2) is 0 Å². The van der Waals surface area contributed by atoms with Gasteiger partial charge in [-0.2, -0.15) is 5.10 Å². The molecule has 2 aromatic heterocycles. The van der Waals surface area contributed by atoms with Crippen LogP contribution in [0.25, 0.3) is 0 Å². The molecule has 4 nitrogen and oxygen atoms in total. The van der Waals surface area contributed by atoms with E-state index in [1.54, 1.807) is 11.3 Å². The number of thiophene rings is 1. The molecule has 0 aliphatic carbocycles. The molecule has 0 saturated heterocycles. The van der Waals surface area contributed by atoms with Gasteiger partial charge in [0.15, 0.2) is 0 Å². The zero-order chi connectivity index (χ0) is 13.1. The molecule has 0 amide bonds. The number of nitrogens with two attached hydrogens (primary N) is 1. The number of aromatic nitrogens is 2. The fourth-order valence-corrected chi connectivity index (χ4v) is 3.09. The molecular formula is C13H20N4S. The standard InChI is InChI=1S/C13H20N4S/c1-9-11(10(2)17(3)16-9)6-7-12(15-14)13-5-4-8-18-13/h4-5,8,12,15H,6-7,14H2,1-3H3. The smallest absolute Gasteiger partial charge is 0.0628 e. The lowest BCUT2D eigenvalue weighted by Crippen LogP contribution is -2.27. The maximum absolute atomic E-state index is 5.65. The van der Waals surface area contributed by atoms with Crippen molar-refractivity contribution < 1.29 is 0 Å². The maximum Gasteiger partial charge on any atom is 0.0628 e. The molecule has 0 bridgehead atoms. The van der Waals surface area contributed by atoms with Crippen LogP contribution < -0.4 is 11.3 Å². The molecule has 1 atom stereocenters. The van der Waals surface area contributed by atoms with Crippen molar-refractivity contribution in [1.29, 1.82) is 0 Å². The molecule has 0 radical (unpaired) electrons. The SMILES string of the molecule is Cc1nn(C)c(C)c1CCC(NN)c1cccs1. The molecule has 0 saturated carbocycles. The molecule has 2 aromatic rings. The van der Waals surface area contributed by atoms with Crippen molar-refractivity contribution in [2.45, 2.75) is 32.7 Å². The Morgan fingerprint density at radius 1 is 1.50 bits per heavy atom. The summed E-state index contributed by atoms with van der Waals surface area (Å²) in [5, 5.41) is 6.53. The van der Waals surface area contributed by atoms with Crippen LogP contribution >= 0.6 is 11.3 Å². The first kappa shape index (κ1) is 13.3. The van der Waals surface area contributed by atoms with E-state index in [4.69, 9.17) is 5.84 Å². The van der Waals surface area contributed by atoms with E-state index in [0.717, 1.165) is 18.5 Å². The minimum Gasteiger partial charge on any atom is -0.272 e. The summed E-state index contributed by atoms with van der Waals surface area (Å²) in [6, 6.07) is 4.41. The van der Waals surface area contributed by atoms with E-state index < -0.39 is 0 Å². The maximum atomic E-state index is 5.65. The molecule has 0 aliphatic rings. The molecule has 98 valence electrons. The Morgan fingerprint density at radius 2 is 2.28 bits per heavy atom. The largest absolute Gasteiger partial charge is 0.272 e. The van der Waals surface area contributed by atoms with E-state index in [1.165, 1.54) is 16.1 Å². The molecule has 0 aromatic carbocycles. The van der Waals surface area contributed by atoms with Crippen LogP contribution in [0.3, 0.4) is 0 Å². The van der Waals surface area contributed by atoms with Crippen LogP contribution in [0.4, 0.5) is 0 Å². The molecule has 5 heteroatoms. The molecule has 1 unspecified atom stereocenters. The van der Waals surface area contributed by atoms with Crippen molar-refractivity contribution in [2.24, 2.45) is 12.9 Å². The van der Waals surface area contributed by atoms with Crippen molar-refractivity contribution in [3.05, 3.63) is 39.3 Å². The Bertz CT molecular complexity index is 501. The van der Waals surface area contributed by atoms with Crippen LogP contribution in [0.2, 0.25) is 0 Å². The van der Waals surface area contributed by atoms with Gasteiger partial charge >= 0.3 is 0 Å². The average Bonchev–Trinajstić information content (AvgIpc) is 2.94. The summed E-state index contributed by atoms with van der Waals surface area (Å²) in [5.41, 5.74) is 6.61. The highest BCUT2D eigenvalue weighted by atomic mass is 32.1. The lowest BCUT2D eigenvalue weighted by atomic mass is 10.0. The van der Waals surface area contributed by atoms with Gasteiger partial charge in [-0.3, -0.25) is 16.0 Å². The monoisotopic (exact) mass is 264 g/mol. The third kappa shape index (κ3) is 2.63. The van der Waals surface area contributed by atoms with E-state index in [9.17, 15) is 0 Å². The van der Waals surface area contributed by atoms with Gasteiger partial charge < -0.3 is 0 Å². The third-order valence-electron chi connectivity index (χ3n) is 3.43. The Morgan fingerprint density at radius 3 is 2.78 bits per heavy atom. The highest BCUT2D eigenvalue weighted by Crippen LogP contribution is 2.24. The second-order valence-corrected chi connectivity index (χ2v) is 5.53. The van der Waals surface area contributed by atoms with E-state index in [2.05, 4.69) is 41.9 Å². The molecule has 3 N–H and O–H groups in total. The number of nitrogens with zero attached hydrogens (tertiary/aromatic N) is 2. The Hall–Kier alpha value is -1.17. The Kier molecular flexibility index (Phi) is 4.16. The minimum atomic E-state index is 0.226. The summed E-state index contributed by atoms with van der Waals surface area (Å²) < 4.78 is 1.95. The minimum absolute atomic E-state index is 0.226. The number of hydrogen-bond donors (Lipinski definition) is 2. The third-order valence-corrected chi connectivity index (χ3v) is 4.42. The highest BCUT2D eigenvalue weighted by molar-refractivity contribution is 7.10. The van der Waals surface area contributed by atoms with Gasteiger partial charge in [-0.05, 0) is 43.7 Å². The summed E-state index contributed by atoms with van der Waals surface area (Å²) >= 11 is 1.74. The molecular weight excluding hydrogens is 244 g/mol. The van der Waals surface area contributed by atoms with Gasteiger partial charge in [0, 0.05) is 17.6 Å². The second kappa shape index (κ2) is 5.65. The normalized spacial score (nSPS) is 12.9. The number of hydrazine groups is 1. The van der Waals surface area contributed by atoms with Crippen molar-refractivity contribution in [3.63, 3.8) is 0 Å². The highest BCUT2D eigenvalue weighted by Gasteiger charge is 2.14.